The number of fused-ring (bicyclic) bond motifs is 3. The average molecular weight is 640 g/mol. The molecule has 1 aliphatic heterocycles. The highest BCUT2D eigenvalue weighted by atomic mass is 32.2. The van der Waals surface area contributed by atoms with E-state index in [9.17, 15) is 34.4 Å². The van der Waals surface area contributed by atoms with E-state index in [-0.39, 0.29) is 5.41 Å². The Kier molecular flexibility index (Phi) is 8.33. The van der Waals surface area contributed by atoms with Crippen molar-refractivity contribution in [2.24, 2.45) is 4.99 Å². The van der Waals surface area contributed by atoms with Crippen LogP contribution in [-0.4, -0.2) is 88.6 Å². The van der Waals surface area contributed by atoms with Crippen molar-refractivity contribution in [2.45, 2.75) is 38.6 Å². The van der Waals surface area contributed by atoms with Crippen molar-refractivity contribution >= 4 is 47.6 Å². The summed E-state index contributed by atoms with van der Waals surface area (Å²) in [6.45, 7) is 6.60. The summed E-state index contributed by atoms with van der Waals surface area (Å²) < 4.78 is 91.7. The molecule has 2 aromatic rings. The zero-order valence-corrected chi connectivity index (χ0v) is 26.9. The van der Waals surface area contributed by atoms with Crippen molar-refractivity contribution in [3.63, 3.8) is 0 Å². The summed E-state index contributed by atoms with van der Waals surface area (Å²) in [5, 5.41) is 1.53. The molecule has 11 nitrogen and oxygen atoms in total. The summed E-state index contributed by atoms with van der Waals surface area (Å²) in [4.78, 5) is 6.93. The first-order chi connectivity index (χ1) is 19.1. The van der Waals surface area contributed by atoms with Gasteiger partial charge in [-0.15, -0.1) is 0 Å². The third kappa shape index (κ3) is 7.12. The minimum absolute atomic E-state index is 0.379. The predicted molar refractivity (Wildman–Crippen MR) is 164 cm³/mol. The van der Waals surface area contributed by atoms with Crippen molar-refractivity contribution < 1.29 is 34.4 Å². The van der Waals surface area contributed by atoms with Crippen LogP contribution < -0.4 is 15.5 Å². The van der Waals surface area contributed by atoms with Crippen LogP contribution in [0.15, 0.2) is 41.4 Å². The molecule has 14 heteroatoms. The highest BCUT2D eigenvalue weighted by molar-refractivity contribution is 7.89. The number of benzene rings is 2. The Balaban J connectivity index is 1.81. The van der Waals surface area contributed by atoms with Crippen LogP contribution in [0, 0.1) is 0 Å². The molecule has 0 saturated heterocycles. The molecule has 0 atom stereocenters. The lowest BCUT2D eigenvalue weighted by atomic mass is 9.71. The Morgan fingerprint density at radius 2 is 1.43 bits per heavy atom. The van der Waals surface area contributed by atoms with E-state index in [1.54, 1.807) is 6.08 Å². The molecule has 0 fully saturated rings. The lowest BCUT2D eigenvalue weighted by molar-refractivity contribution is 0.426. The molecule has 0 bridgehead atoms. The molecule has 0 saturated carbocycles. The van der Waals surface area contributed by atoms with Crippen molar-refractivity contribution in [1.82, 2.24) is 4.31 Å². The van der Waals surface area contributed by atoms with Crippen molar-refractivity contribution in [3.8, 4) is 0 Å². The first-order valence-electron chi connectivity index (χ1n) is 13.3. The van der Waals surface area contributed by atoms with Crippen LogP contribution in [0.4, 0.5) is 5.69 Å². The van der Waals surface area contributed by atoms with Gasteiger partial charge in [0.05, 0.1) is 28.2 Å². The first kappa shape index (κ1) is 32.3. The summed E-state index contributed by atoms with van der Waals surface area (Å²) in [7, 11) is -9.42. The number of sulfonamides is 1. The molecule has 4 rings (SSSR count). The molecule has 0 unspecified atom stereocenters. The van der Waals surface area contributed by atoms with Crippen LogP contribution in [0.2, 0.25) is 0 Å². The zero-order valence-electron chi connectivity index (χ0n) is 24.5. The fourth-order valence-electron chi connectivity index (χ4n) is 5.50. The molecule has 2 aliphatic rings. The maximum Gasteiger partial charge on any atom is 0.266 e. The molecule has 1 heterocycles. The van der Waals surface area contributed by atoms with E-state index in [1.165, 1.54) is 0 Å². The van der Waals surface area contributed by atoms with Gasteiger partial charge >= 0.3 is 0 Å². The highest BCUT2D eigenvalue weighted by Crippen LogP contribution is 2.37. The third-order valence-corrected chi connectivity index (χ3v) is 10.8. The normalized spacial score (nSPS) is 17.3. The van der Waals surface area contributed by atoms with Gasteiger partial charge in [0, 0.05) is 43.9 Å². The van der Waals surface area contributed by atoms with E-state index >= 15 is 0 Å². The quantitative estimate of drug-likeness (QED) is 0.366. The number of hydrogen-bond acceptors (Lipinski definition) is 8. The van der Waals surface area contributed by atoms with Gasteiger partial charge < -0.3 is 4.90 Å². The standard InChI is InChI=1S/C28H37N3O8S3/c1-27(2)17-21(18-40(32,33)31(9-11-41(34,35)36)10-12-42(37,38)39)23-14-20-13-19-7-8-22(30(5)6)15-24(19)28(3,4)25(20)16-26(23)29-27/h7-8,13-17H,9-12,18H2,1-6H3,(H,34,35,36)(H,37,38,39). The maximum absolute atomic E-state index is 13.6. The third-order valence-electron chi connectivity index (χ3n) is 7.59. The Morgan fingerprint density at radius 3 is 1.98 bits per heavy atom. The van der Waals surface area contributed by atoms with Crippen LogP contribution in [-0.2, 0) is 35.7 Å². The van der Waals surface area contributed by atoms with E-state index in [0.29, 0.717) is 20.8 Å². The summed E-state index contributed by atoms with van der Waals surface area (Å²) in [5.74, 6) is -2.43. The topological polar surface area (TPSA) is 162 Å². The van der Waals surface area contributed by atoms with Crippen LogP contribution in [0.5, 0.6) is 0 Å². The van der Waals surface area contributed by atoms with Crippen molar-refractivity contribution in [1.29, 1.82) is 0 Å². The number of nitrogens with zero attached hydrogens (tertiary/aromatic N) is 3. The molecule has 0 aromatic heterocycles. The number of hydrogen-bond donors (Lipinski definition) is 2. The Labute approximate surface area is 247 Å². The van der Waals surface area contributed by atoms with Crippen LogP contribution >= 0.6 is 0 Å². The molecule has 42 heavy (non-hydrogen) atoms. The van der Waals surface area contributed by atoms with Crippen LogP contribution in [0.1, 0.15) is 49.9 Å². The summed E-state index contributed by atoms with van der Waals surface area (Å²) in [6, 6.07) is 10.2. The van der Waals surface area contributed by atoms with Gasteiger partial charge in [-0.3, -0.25) is 14.1 Å². The van der Waals surface area contributed by atoms with E-state index in [2.05, 4.69) is 32.1 Å². The molecule has 2 N–H and O–H groups in total. The van der Waals surface area contributed by atoms with Gasteiger partial charge in [-0.2, -0.15) is 21.1 Å². The largest absolute Gasteiger partial charge is 0.378 e. The molecule has 230 valence electrons. The summed E-state index contributed by atoms with van der Waals surface area (Å²) >= 11 is 0. The Bertz CT molecular complexity index is 1880. The average Bonchev–Trinajstić information content (AvgIpc) is 2.81. The lowest BCUT2D eigenvalue weighted by Gasteiger charge is -2.34. The first-order valence-corrected chi connectivity index (χ1v) is 18.1. The van der Waals surface area contributed by atoms with Crippen molar-refractivity contribution in [2.75, 3.05) is 49.3 Å². The van der Waals surface area contributed by atoms with Crippen LogP contribution in [0.25, 0.3) is 11.6 Å². The SMILES string of the molecule is CN(C)c1ccc2c(c1)C(C)(C)c1cc3c(cc1=C2)C(CS(=O)(=O)N(CCS(=O)(=O)O)CCS(=O)(=O)O)=CC(C)(C)N=3. The second-order valence-electron chi connectivity index (χ2n) is 12.1. The van der Waals surface area contributed by atoms with E-state index in [0.717, 1.165) is 27.6 Å². The molecular weight excluding hydrogens is 603 g/mol. The monoisotopic (exact) mass is 639 g/mol. The summed E-state index contributed by atoms with van der Waals surface area (Å²) in [6.07, 6.45) is 3.79. The Hall–Kier alpha value is -2.62. The molecule has 0 radical (unpaired) electrons. The second-order valence-corrected chi connectivity index (χ2v) is 17.2. The maximum atomic E-state index is 13.6. The van der Waals surface area contributed by atoms with Gasteiger partial charge in [-0.05, 0) is 71.7 Å². The van der Waals surface area contributed by atoms with Crippen molar-refractivity contribution in [3.05, 3.63) is 69.2 Å². The minimum atomic E-state index is -4.54. The van der Waals surface area contributed by atoms with E-state index < -0.39 is 66.1 Å². The van der Waals surface area contributed by atoms with Gasteiger partial charge in [0.1, 0.15) is 0 Å². The molecule has 1 aliphatic carbocycles. The molecule has 0 spiro atoms. The minimum Gasteiger partial charge on any atom is -0.378 e. The Morgan fingerprint density at radius 1 is 0.833 bits per heavy atom. The number of rotatable bonds is 10. The smallest absolute Gasteiger partial charge is 0.266 e. The van der Waals surface area contributed by atoms with Crippen LogP contribution in [0.3, 0.4) is 0 Å². The van der Waals surface area contributed by atoms with Gasteiger partial charge in [-0.1, -0.05) is 26.0 Å². The predicted octanol–water partition coefficient (Wildman–Crippen LogP) is 1.42. The van der Waals surface area contributed by atoms with Gasteiger partial charge in [0.2, 0.25) is 10.0 Å². The lowest BCUT2D eigenvalue weighted by Crippen LogP contribution is -2.41. The molecular formula is C28H37N3O8S3. The van der Waals surface area contributed by atoms with Gasteiger partial charge in [0.15, 0.2) is 0 Å². The molecule has 2 aromatic carbocycles. The van der Waals surface area contributed by atoms with Gasteiger partial charge in [0.25, 0.3) is 20.2 Å². The van der Waals surface area contributed by atoms with E-state index in [1.807, 2.05) is 51.0 Å². The summed E-state index contributed by atoms with van der Waals surface area (Å²) in [5.41, 5.74) is 4.20. The van der Waals surface area contributed by atoms with Gasteiger partial charge in [-0.25, -0.2) is 8.42 Å². The second kappa shape index (κ2) is 10.8. The number of anilines is 1. The zero-order chi connectivity index (χ0) is 31.5. The molecule has 0 amide bonds. The highest BCUT2D eigenvalue weighted by Gasteiger charge is 2.34. The van der Waals surface area contributed by atoms with E-state index in [4.69, 9.17) is 4.99 Å². The fourth-order valence-corrected chi connectivity index (χ4v) is 8.18. The fraction of sp³-hybridized carbons (Fsp3) is 0.464.